The van der Waals surface area contributed by atoms with Crippen LogP contribution in [0.4, 0.5) is 4.39 Å². The van der Waals surface area contributed by atoms with Gasteiger partial charge in [0.2, 0.25) is 5.88 Å². The maximum absolute atomic E-state index is 13.6. The van der Waals surface area contributed by atoms with Crippen LogP contribution in [0, 0.1) is 11.7 Å². The van der Waals surface area contributed by atoms with Crippen LogP contribution in [-0.2, 0) is 17.6 Å². The molecule has 0 unspecified atom stereocenters. The molecule has 0 aliphatic heterocycles. The largest absolute Gasteiger partial charge is 0.493 e. The summed E-state index contributed by atoms with van der Waals surface area (Å²) in [5.41, 5.74) is 1.50. The van der Waals surface area contributed by atoms with Crippen LogP contribution in [0.5, 0.6) is 5.88 Å². The molecule has 2 aromatic rings. The number of rotatable bonds is 6. The Morgan fingerprint density at radius 1 is 1.33 bits per heavy atom. The topological polar surface area (TPSA) is 107 Å². The summed E-state index contributed by atoms with van der Waals surface area (Å²) in [6, 6.07) is 5.17. The molecule has 0 bridgehead atoms. The van der Waals surface area contributed by atoms with Crippen molar-refractivity contribution in [3.8, 4) is 5.88 Å². The zero-order valence-corrected chi connectivity index (χ0v) is 13.4. The number of H-pyrrole nitrogens is 1. The number of imidazole rings is 1. The number of hydrogen-bond acceptors (Lipinski definition) is 4. The number of nitrogens with zero attached hydrogens (tertiary/aromatic N) is 1. The van der Waals surface area contributed by atoms with Gasteiger partial charge in [0.15, 0.2) is 0 Å². The van der Waals surface area contributed by atoms with Crippen molar-refractivity contribution < 1.29 is 19.5 Å². The minimum Gasteiger partial charge on any atom is -0.493 e. The van der Waals surface area contributed by atoms with Gasteiger partial charge in [0.1, 0.15) is 11.9 Å². The van der Waals surface area contributed by atoms with E-state index in [1.807, 2.05) is 0 Å². The highest BCUT2D eigenvalue weighted by molar-refractivity contribution is 5.79. The Bertz CT molecular complexity index is 782. The van der Waals surface area contributed by atoms with Gasteiger partial charge < -0.3 is 10.1 Å². The Kier molecular flexibility index (Phi) is 5.40. The summed E-state index contributed by atoms with van der Waals surface area (Å²) in [6.07, 6.45) is 0.472. The van der Waals surface area contributed by atoms with Gasteiger partial charge in [0.05, 0.1) is 5.69 Å². The molecule has 1 aromatic carbocycles. The lowest BCUT2D eigenvalue weighted by Gasteiger charge is -2.19. The average molecular weight is 337 g/mol. The quantitative estimate of drug-likeness (QED) is 0.473. The van der Waals surface area contributed by atoms with Crippen LogP contribution >= 0.6 is 0 Å². The number of amides is 1. The molecule has 1 atom stereocenters. The van der Waals surface area contributed by atoms with Gasteiger partial charge in [-0.15, -0.1) is 0 Å². The van der Waals surface area contributed by atoms with Crippen molar-refractivity contribution in [1.29, 1.82) is 0 Å². The first-order chi connectivity index (χ1) is 11.4. The van der Waals surface area contributed by atoms with Crippen LogP contribution in [0.1, 0.15) is 31.1 Å². The normalized spacial score (nSPS) is 12.4. The molecule has 4 N–H and O–H groups in total. The van der Waals surface area contributed by atoms with Crippen LogP contribution in [-0.4, -0.2) is 25.8 Å². The lowest BCUT2D eigenvalue weighted by atomic mass is 10.0. The maximum atomic E-state index is 13.6. The second-order valence-corrected chi connectivity index (χ2v) is 5.86. The van der Waals surface area contributed by atoms with E-state index < -0.39 is 23.5 Å². The van der Waals surface area contributed by atoms with Crippen LogP contribution in [0.2, 0.25) is 0 Å². The van der Waals surface area contributed by atoms with Gasteiger partial charge in [-0.25, -0.2) is 14.7 Å². The number of aromatic amines is 1. The van der Waals surface area contributed by atoms with Crippen molar-refractivity contribution in [1.82, 2.24) is 15.0 Å². The van der Waals surface area contributed by atoms with E-state index in [-0.39, 0.29) is 30.3 Å². The van der Waals surface area contributed by atoms with E-state index in [9.17, 15) is 19.1 Å². The van der Waals surface area contributed by atoms with Crippen molar-refractivity contribution in [2.24, 2.45) is 5.92 Å². The molecule has 0 radical (unpaired) electrons. The van der Waals surface area contributed by atoms with Crippen molar-refractivity contribution in [3.05, 3.63) is 51.8 Å². The highest BCUT2D eigenvalue weighted by Crippen LogP contribution is 2.25. The average Bonchev–Trinajstić information content (AvgIpc) is 2.81. The number of nitrogens with one attached hydrogen (secondary N) is 2. The lowest BCUT2D eigenvalue weighted by Crippen LogP contribution is -2.37. The number of aromatic hydroxyl groups is 1. The standard InChI is InChI=1S/C16H20FN3O4/c1-9(2)13(14(21)19-24)20-15(22)12(18-16(20)23)8-7-10-5-3-4-6-11(10)17/h3-6,9,13,22,24H,7-8H2,1-2H3,(H,18,23)(H,19,21)/t13-/m1/s1. The summed E-state index contributed by atoms with van der Waals surface area (Å²) < 4.78 is 14.5. The molecule has 130 valence electrons. The minimum atomic E-state index is -1.07. The van der Waals surface area contributed by atoms with E-state index >= 15 is 0 Å². The molecule has 1 aromatic heterocycles. The summed E-state index contributed by atoms with van der Waals surface area (Å²) in [5, 5.41) is 19.1. The lowest BCUT2D eigenvalue weighted by molar-refractivity contribution is -0.134. The van der Waals surface area contributed by atoms with Gasteiger partial charge in [0, 0.05) is 0 Å². The van der Waals surface area contributed by atoms with Gasteiger partial charge in [-0.05, 0) is 30.4 Å². The molecule has 1 amide bonds. The van der Waals surface area contributed by atoms with Crippen LogP contribution in [0.3, 0.4) is 0 Å². The zero-order valence-electron chi connectivity index (χ0n) is 13.4. The first-order valence-corrected chi connectivity index (χ1v) is 7.56. The van der Waals surface area contributed by atoms with Crippen molar-refractivity contribution in [2.45, 2.75) is 32.7 Å². The van der Waals surface area contributed by atoms with Gasteiger partial charge in [-0.3, -0.25) is 14.6 Å². The molecular formula is C16H20FN3O4. The van der Waals surface area contributed by atoms with Crippen LogP contribution < -0.4 is 11.2 Å². The number of hydrogen-bond donors (Lipinski definition) is 4. The van der Waals surface area contributed by atoms with Gasteiger partial charge in [0.25, 0.3) is 5.91 Å². The molecule has 0 saturated carbocycles. The molecule has 7 nitrogen and oxygen atoms in total. The minimum absolute atomic E-state index is 0.195. The Balaban J connectivity index is 2.30. The number of benzene rings is 1. The highest BCUT2D eigenvalue weighted by atomic mass is 19.1. The molecule has 0 spiro atoms. The molecule has 8 heteroatoms. The fourth-order valence-corrected chi connectivity index (χ4v) is 2.66. The number of aryl methyl sites for hydroxylation is 2. The Morgan fingerprint density at radius 2 is 2.00 bits per heavy atom. The summed E-state index contributed by atoms with van der Waals surface area (Å²) in [4.78, 5) is 26.4. The first kappa shape index (κ1) is 17.7. The predicted octanol–water partition coefficient (Wildman–Crippen LogP) is 1.51. The molecule has 0 aliphatic rings. The Labute approximate surface area is 137 Å². The third-order valence-electron chi connectivity index (χ3n) is 3.87. The van der Waals surface area contributed by atoms with E-state index in [4.69, 9.17) is 5.21 Å². The number of carbonyl (C=O) groups excluding carboxylic acids is 1. The van der Waals surface area contributed by atoms with Crippen LogP contribution in [0.15, 0.2) is 29.1 Å². The van der Waals surface area contributed by atoms with Crippen LogP contribution in [0.25, 0.3) is 0 Å². The van der Waals surface area contributed by atoms with E-state index in [0.717, 1.165) is 4.57 Å². The molecule has 1 heterocycles. The van der Waals surface area contributed by atoms with Crippen molar-refractivity contribution >= 4 is 5.91 Å². The van der Waals surface area contributed by atoms with E-state index in [2.05, 4.69) is 4.98 Å². The molecule has 24 heavy (non-hydrogen) atoms. The third-order valence-corrected chi connectivity index (χ3v) is 3.87. The summed E-state index contributed by atoms with van der Waals surface area (Å²) >= 11 is 0. The highest BCUT2D eigenvalue weighted by Gasteiger charge is 2.29. The molecule has 0 fully saturated rings. The molecule has 2 rings (SSSR count). The number of hydroxylamine groups is 1. The molecule has 0 aliphatic carbocycles. The smallest absolute Gasteiger partial charge is 0.329 e. The Morgan fingerprint density at radius 3 is 2.58 bits per heavy atom. The fraction of sp³-hybridized carbons (Fsp3) is 0.375. The van der Waals surface area contributed by atoms with Gasteiger partial charge in [-0.1, -0.05) is 32.0 Å². The predicted molar refractivity (Wildman–Crippen MR) is 84.3 cm³/mol. The van der Waals surface area contributed by atoms with Crippen molar-refractivity contribution in [2.75, 3.05) is 0 Å². The third kappa shape index (κ3) is 3.48. The van der Waals surface area contributed by atoms with E-state index in [0.29, 0.717) is 5.56 Å². The number of carbonyl (C=O) groups is 1. The maximum Gasteiger partial charge on any atom is 0.329 e. The molecular weight excluding hydrogens is 317 g/mol. The van der Waals surface area contributed by atoms with E-state index in [1.165, 1.54) is 11.5 Å². The second-order valence-electron chi connectivity index (χ2n) is 5.86. The zero-order chi connectivity index (χ0) is 17.9. The summed E-state index contributed by atoms with van der Waals surface area (Å²) in [6.45, 7) is 3.36. The van der Waals surface area contributed by atoms with E-state index in [1.54, 1.807) is 32.0 Å². The molecule has 0 saturated heterocycles. The van der Waals surface area contributed by atoms with Crippen molar-refractivity contribution in [3.63, 3.8) is 0 Å². The monoisotopic (exact) mass is 337 g/mol. The fourth-order valence-electron chi connectivity index (χ4n) is 2.66. The summed E-state index contributed by atoms with van der Waals surface area (Å²) in [7, 11) is 0. The number of halogens is 1. The SMILES string of the molecule is CC(C)[C@H](C(=O)NO)n1c(O)c(CCc2ccccc2F)[nH]c1=O. The Hall–Kier alpha value is -2.61. The summed E-state index contributed by atoms with van der Waals surface area (Å²) in [5.74, 6) is -1.91. The number of aromatic nitrogens is 2. The van der Waals surface area contributed by atoms with Gasteiger partial charge >= 0.3 is 5.69 Å². The first-order valence-electron chi connectivity index (χ1n) is 7.56. The second kappa shape index (κ2) is 7.31. The van der Waals surface area contributed by atoms with Gasteiger partial charge in [-0.2, -0.15) is 0 Å².